The highest BCUT2D eigenvalue weighted by atomic mass is 32.2. The SMILES string of the molecule is CCN(CC)CCOc1ccc(CNC(=O)C2Cc3ccccc3S2)cc1OC. The number of nitrogens with one attached hydrogen (secondary N) is 1. The summed E-state index contributed by atoms with van der Waals surface area (Å²) in [4.78, 5) is 16.1. The van der Waals surface area contributed by atoms with Crippen LogP contribution in [0.25, 0.3) is 0 Å². The molecule has 156 valence electrons. The zero-order valence-electron chi connectivity index (χ0n) is 17.4. The van der Waals surface area contributed by atoms with E-state index in [-0.39, 0.29) is 11.2 Å². The van der Waals surface area contributed by atoms with E-state index in [2.05, 4.69) is 36.2 Å². The number of methoxy groups -OCH3 is 1. The largest absolute Gasteiger partial charge is 0.493 e. The van der Waals surface area contributed by atoms with Gasteiger partial charge in [0.05, 0.1) is 12.4 Å². The molecule has 1 aliphatic heterocycles. The predicted molar refractivity (Wildman–Crippen MR) is 118 cm³/mol. The van der Waals surface area contributed by atoms with Crippen LogP contribution < -0.4 is 14.8 Å². The number of nitrogens with zero attached hydrogens (tertiary/aromatic N) is 1. The van der Waals surface area contributed by atoms with Gasteiger partial charge in [-0.05, 0) is 48.8 Å². The van der Waals surface area contributed by atoms with Crippen LogP contribution in [0.2, 0.25) is 0 Å². The first-order valence-corrected chi connectivity index (χ1v) is 11.1. The van der Waals surface area contributed by atoms with E-state index in [1.165, 1.54) is 10.5 Å². The van der Waals surface area contributed by atoms with Gasteiger partial charge in [-0.1, -0.05) is 38.1 Å². The number of fused-ring (bicyclic) bond motifs is 1. The molecule has 0 saturated heterocycles. The van der Waals surface area contributed by atoms with Crippen molar-refractivity contribution in [1.29, 1.82) is 0 Å². The minimum atomic E-state index is -0.0584. The van der Waals surface area contributed by atoms with Gasteiger partial charge in [-0.3, -0.25) is 4.79 Å². The summed E-state index contributed by atoms with van der Waals surface area (Å²) in [6, 6.07) is 14.1. The smallest absolute Gasteiger partial charge is 0.234 e. The minimum Gasteiger partial charge on any atom is -0.493 e. The molecule has 1 N–H and O–H groups in total. The van der Waals surface area contributed by atoms with E-state index in [1.807, 2.05) is 30.3 Å². The van der Waals surface area contributed by atoms with E-state index in [9.17, 15) is 4.79 Å². The Morgan fingerprint density at radius 2 is 1.97 bits per heavy atom. The van der Waals surface area contributed by atoms with Gasteiger partial charge in [0.2, 0.25) is 5.91 Å². The number of hydrogen-bond donors (Lipinski definition) is 1. The van der Waals surface area contributed by atoms with Gasteiger partial charge in [-0.25, -0.2) is 0 Å². The maximum atomic E-state index is 12.6. The van der Waals surface area contributed by atoms with Gasteiger partial charge in [0, 0.05) is 18.0 Å². The highest BCUT2D eigenvalue weighted by molar-refractivity contribution is 8.01. The van der Waals surface area contributed by atoms with Gasteiger partial charge in [-0.15, -0.1) is 11.8 Å². The van der Waals surface area contributed by atoms with Crippen molar-refractivity contribution in [2.75, 3.05) is 33.4 Å². The molecule has 0 aliphatic carbocycles. The number of benzene rings is 2. The van der Waals surface area contributed by atoms with Crippen molar-refractivity contribution in [2.45, 2.75) is 37.0 Å². The van der Waals surface area contributed by atoms with Crippen molar-refractivity contribution in [2.24, 2.45) is 0 Å². The van der Waals surface area contributed by atoms with Crippen LogP contribution in [-0.4, -0.2) is 49.4 Å². The van der Waals surface area contributed by atoms with Gasteiger partial charge in [0.15, 0.2) is 11.5 Å². The fraction of sp³-hybridized carbons (Fsp3) is 0.435. The molecule has 1 heterocycles. The molecule has 1 unspecified atom stereocenters. The zero-order chi connectivity index (χ0) is 20.6. The molecule has 2 aromatic carbocycles. The molecule has 0 saturated carbocycles. The number of rotatable bonds is 10. The van der Waals surface area contributed by atoms with E-state index in [1.54, 1.807) is 18.9 Å². The van der Waals surface area contributed by atoms with Gasteiger partial charge in [0.25, 0.3) is 0 Å². The normalized spacial score (nSPS) is 15.2. The molecular formula is C23H30N2O3S. The lowest BCUT2D eigenvalue weighted by atomic mass is 10.1. The fourth-order valence-electron chi connectivity index (χ4n) is 3.40. The topological polar surface area (TPSA) is 50.8 Å². The number of thioether (sulfide) groups is 1. The quantitative estimate of drug-likeness (QED) is 0.642. The summed E-state index contributed by atoms with van der Waals surface area (Å²) in [6.07, 6.45) is 0.787. The van der Waals surface area contributed by atoms with Gasteiger partial charge >= 0.3 is 0 Å². The molecule has 0 fully saturated rings. The number of likely N-dealkylation sites (N-methyl/N-ethyl adjacent to an activating group) is 1. The Kier molecular flexibility index (Phi) is 7.83. The summed E-state index contributed by atoms with van der Waals surface area (Å²) in [7, 11) is 1.64. The predicted octanol–water partition coefficient (Wildman–Crippen LogP) is 3.75. The Bertz CT molecular complexity index is 799. The van der Waals surface area contributed by atoms with Crippen molar-refractivity contribution in [1.82, 2.24) is 10.2 Å². The summed E-state index contributed by atoms with van der Waals surface area (Å²) in [5, 5.41) is 3.00. The lowest BCUT2D eigenvalue weighted by Gasteiger charge is -2.19. The molecule has 0 bridgehead atoms. The van der Waals surface area contributed by atoms with Crippen LogP contribution in [0.3, 0.4) is 0 Å². The number of carbonyl (C=O) groups is 1. The van der Waals surface area contributed by atoms with Crippen molar-refractivity contribution >= 4 is 17.7 Å². The molecular weight excluding hydrogens is 384 g/mol. The molecule has 1 aliphatic rings. The lowest BCUT2D eigenvalue weighted by molar-refractivity contribution is -0.120. The van der Waals surface area contributed by atoms with Crippen molar-refractivity contribution in [3.05, 3.63) is 53.6 Å². The molecule has 0 aromatic heterocycles. The van der Waals surface area contributed by atoms with Gasteiger partial charge in [-0.2, -0.15) is 0 Å². The second-order valence-corrected chi connectivity index (χ2v) is 8.24. The second kappa shape index (κ2) is 10.6. The van der Waals surface area contributed by atoms with Crippen LogP contribution in [0.15, 0.2) is 47.4 Å². The number of ether oxygens (including phenoxy) is 2. The highest BCUT2D eigenvalue weighted by Gasteiger charge is 2.27. The molecule has 5 nitrogen and oxygen atoms in total. The third-order valence-corrected chi connectivity index (χ3v) is 6.51. The number of hydrogen-bond acceptors (Lipinski definition) is 5. The highest BCUT2D eigenvalue weighted by Crippen LogP contribution is 2.36. The molecule has 1 amide bonds. The molecule has 6 heteroatoms. The summed E-state index contributed by atoms with van der Waals surface area (Å²) in [6.45, 7) is 8.30. The maximum absolute atomic E-state index is 12.6. The minimum absolute atomic E-state index is 0.0584. The van der Waals surface area contributed by atoms with Crippen LogP contribution in [0.1, 0.15) is 25.0 Å². The zero-order valence-corrected chi connectivity index (χ0v) is 18.3. The Balaban J connectivity index is 1.51. The molecule has 2 aromatic rings. The molecule has 29 heavy (non-hydrogen) atoms. The van der Waals surface area contributed by atoms with Crippen LogP contribution in [0.5, 0.6) is 11.5 Å². The molecule has 3 rings (SSSR count). The average molecular weight is 415 g/mol. The van der Waals surface area contributed by atoms with Crippen LogP contribution >= 0.6 is 11.8 Å². The summed E-state index contributed by atoms with van der Waals surface area (Å²) in [5.41, 5.74) is 2.25. The average Bonchev–Trinajstić information content (AvgIpc) is 3.20. The van der Waals surface area contributed by atoms with Gasteiger partial charge in [0.1, 0.15) is 6.61 Å². The van der Waals surface area contributed by atoms with Crippen molar-refractivity contribution in [3.63, 3.8) is 0 Å². The third kappa shape index (κ3) is 5.67. The summed E-state index contributed by atoms with van der Waals surface area (Å²) in [5.74, 6) is 1.50. The van der Waals surface area contributed by atoms with E-state index in [0.29, 0.717) is 18.9 Å². The van der Waals surface area contributed by atoms with E-state index >= 15 is 0 Å². The Labute approximate surface area is 177 Å². The first-order chi connectivity index (χ1) is 14.1. The summed E-state index contributed by atoms with van der Waals surface area (Å²) >= 11 is 1.64. The molecule has 0 radical (unpaired) electrons. The Hall–Kier alpha value is -2.18. The molecule has 1 atom stereocenters. The lowest BCUT2D eigenvalue weighted by Crippen LogP contribution is -2.32. The Morgan fingerprint density at radius 1 is 1.17 bits per heavy atom. The van der Waals surface area contributed by atoms with E-state index in [4.69, 9.17) is 9.47 Å². The standard InChI is InChI=1S/C23H30N2O3S/c1-4-25(5-2)12-13-28-19-11-10-17(14-20(19)27-3)16-24-23(26)22-15-18-8-6-7-9-21(18)29-22/h6-11,14,22H,4-5,12-13,15-16H2,1-3H3,(H,24,26). The fourth-order valence-corrected chi connectivity index (χ4v) is 4.62. The first-order valence-electron chi connectivity index (χ1n) is 10.2. The third-order valence-electron chi connectivity index (χ3n) is 5.19. The van der Waals surface area contributed by atoms with Crippen molar-refractivity contribution < 1.29 is 14.3 Å². The first kappa shape index (κ1) is 21.5. The van der Waals surface area contributed by atoms with Gasteiger partial charge < -0.3 is 19.7 Å². The van der Waals surface area contributed by atoms with Crippen LogP contribution in [0.4, 0.5) is 0 Å². The van der Waals surface area contributed by atoms with E-state index in [0.717, 1.165) is 37.4 Å². The van der Waals surface area contributed by atoms with Crippen LogP contribution in [0, 0.1) is 0 Å². The maximum Gasteiger partial charge on any atom is 0.234 e. The van der Waals surface area contributed by atoms with Crippen LogP contribution in [-0.2, 0) is 17.8 Å². The van der Waals surface area contributed by atoms with Crippen molar-refractivity contribution in [3.8, 4) is 11.5 Å². The monoisotopic (exact) mass is 414 g/mol. The van der Waals surface area contributed by atoms with E-state index < -0.39 is 0 Å². The summed E-state index contributed by atoms with van der Waals surface area (Å²) < 4.78 is 11.4. The number of amides is 1. The number of carbonyl (C=O) groups excluding carboxylic acids is 1. The Morgan fingerprint density at radius 3 is 2.69 bits per heavy atom. The molecule has 0 spiro atoms. The second-order valence-electron chi connectivity index (χ2n) is 7.00.